The van der Waals surface area contributed by atoms with Crippen LogP contribution in [-0.2, 0) is 13.1 Å². The Bertz CT molecular complexity index is 622. The van der Waals surface area contributed by atoms with Crippen molar-refractivity contribution in [3.63, 3.8) is 0 Å². The SMILES string of the molecule is Cc1ccc2c(c1)CNC(C)CN2Cc1ccc(F)cc1. The number of hydrogen-bond donors (Lipinski definition) is 1. The summed E-state index contributed by atoms with van der Waals surface area (Å²) in [5.74, 6) is -0.180. The minimum atomic E-state index is -0.180. The largest absolute Gasteiger partial charge is 0.365 e. The number of fused-ring (bicyclic) bond motifs is 1. The summed E-state index contributed by atoms with van der Waals surface area (Å²) in [6, 6.07) is 13.8. The Balaban J connectivity index is 1.91. The maximum atomic E-state index is 13.1. The normalized spacial score (nSPS) is 18.2. The van der Waals surface area contributed by atoms with Crippen LogP contribution in [0.1, 0.15) is 23.6 Å². The molecule has 0 fully saturated rings. The molecular weight excluding hydrogens is 263 g/mol. The van der Waals surface area contributed by atoms with E-state index in [1.54, 1.807) is 0 Å². The lowest BCUT2D eigenvalue weighted by Gasteiger charge is -2.26. The molecule has 0 aromatic heterocycles. The number of nitrogens with one attached hydrogen (secondary N) is 1. The van der Waals surface area contributed by atoms with Crippen LogP contribution in [0.3, 0.4) is 0 Å². The van der Waals surface area contributed by atoms with Gasteiger partial charge in [-0.05, 0) is 43.2 Å². The zero-order valence-electron chi connectivity index (χ0n) is 12.6. The molecule has 2 aromatic rings. The molecule has 21 heavy (non-hydrogen) atoms. The van der Waals surface area contributed by atoms with Crippen LogP contribution in [0.15, 0.2) is 42.5 Å². The molecule has 0 saturated heterocycles. The molecule has 0 bridgehead atoms. The lowest BCUT2D eigenvalue weighted by molar-refractivity contribution is 0.552. The van der Waals surface area contributed by atoms with E-state index >= 15 is 0 Å². The minimum Gasteiger partial charge on any atom is -0.365 e. The van der Waals surface area contributed by atoms with Gasteiger partial charge in [0.25, 0.3) is 0 Å². The fraction of sp³-hybridized carbons (Fsp3) is 0.333. The Morgan fingerprint density at radius 2 is 1.95 bits per heavy atom. The summed E-state index contributed by atoms with van der Waals surface area (Å²) in [6.45, 7) is 6.99. The maximum Gasteiger partial charge on any atom is 0.123 e. The van der Waals surface area contributed by atoms with Gasteiger partial charge < -0.3 is 10.2 Å². The summed E-state index contributed by atoms with van der Waals surface area (Å²) in [6.07, 6.45) is 0. The average Bonchev–Trinajstić information content (AvgIpc) is 2.61. The monoisotopic (exact) mass is 284 g/mol. The van der Waals surface area contributed by atoms with Crippen molar-refractivity contribution in [1.82, 2.24) is 5.32 Å². The molecule has 110 valence electrons. The first-order chi connectivity index (χ1) is 10.1. The van der Waals surface area contributed by atoms with E-state index in [1.807, 2.05) is 12.1 Å². The molecule has 0 aliphatic carbocycles. The molecule has 0 spiro atoms. The van der Waals surface area contributed by atoms with Gasteiger partial charge in [0.15, 0.2) is 0 Å². The third-order valence-electron chi connectivity index (χ3n) is 4.00. The van der Waals surface area contributed by atoms with Crippen LogP contribution in [0.5, 0.6) is 0 Å². The van der Waals surface area contributed by atoms with Crippen molar-refractivity contribution >= 4 is 5.69 Å². The molecule has 1 atom stereocenters. The van der Waals surface area contributed by atoms with Gasteiger partial charge in [-0.1, -0.05) is 29.8 Å². The van der Waals surface area contributed by atoms with E-state index in [2.05, 4.69) is 42.3 Å². The molecule has 3 rings (SSSR count). The first kappa shape index (κ1) is 14.1. The summed E-state index contributed by atoms with van der Waals surface area (Å²) in [7, 11) is 0. The third-order valence-corrected chi connectivity index (χ3v) is 4.00. The highest BCUT2D eigenvalue weighted by atomic mass is 19.1. The highest BCUT2D eigenvalue weighted by Crippen LogP contribution is 2.26. The van der Waals surface area contributed by atoms with Crippen molar-refractivity contribution in [2.75, 3.05) is 11.4 Å². The van der Waals surface area contributed by atoms with Gasteiger partial charge in [0.2, 0.25) is 0 Å². The van der Waals surface area contributed by atoms with Crippen LogP contribution in [-0.4, -0.2) is 12.6 Å². The Kier molecular flexibility index (Phi) is 3.93. The number of anilines is 1. The molecule has 2 aromatic carbocycles. The molecular formula is C18H21FN2. The molecule has 2 nitrogen and oxygen atoms in total. The molecule has 0 radical (unpaired) electrons. The molecule has 1 heterocycles. The predicted molar refractivity (Wildman–Crippen MR) is 84.9 cm³/mol. The number of benzene rings is 2. The summed E-state index contributed by atoms with van der Waals surface area (Å²) in [5.41, 5.74) is 5.03. The second kappa shape index (κ2) is 5.86. The van der Waals surface area contributed by atoms with Crippen LogP contribution in [0.4, 0.5) is 10.1 Å². The highest BCUT2D eigenvalue weighted by Gasteiger charge is 2.19. The van der Waals surface area contributed by atoms with E-state index < -0.39 is 0 Å². The molecule has 1 N–H and O–H groups in total. The van der Waals surface area contributed by atoms with Gasteiger partial charge in [-0.3, -0.25) is 0 Å². The Morgan fingerprint density at radius 1 is 1.19 bits per heavy atom. The average molecular weight is 284 g/mol. The molecule has 0 saturated carbocycles. The topological polar surface area (TPSA) is 15.3 Å². The van der Waals surface area contributed by atoms with Crippen molar-refractivity contribution in [3.8, 4) is 0 Å². The van der Waals surface area contributed by atoms with E-state index in [0.717, 1.165) is 25.2 Å². The molecule has 1 aliphatic rings. The quantitative estimate of drug-likeness (QED) is 0.906. The lowest BCUT2D eigenvalue weighted by Crippen LogP contribution is -2.35. The van der Waals surface area contributed by atoms with E-state index in [1.165, 1.54) is 28.9 Å². The van der Waals surface area contributed by atoms with Crippen LogP contribution in [0, 0.1) is 12.7 Å². The fourth-order valence-electron chi connectivity index (χ4n) is 2.90. The number of halogens is 1. The van der Waals surface area contributed by atoms with Crippen molar-refractivity contribution in [1.29, 1.82) is 0 Å². The van der Waals surface area contributed by atoms with E-state index in [9.17, 15) is 4.39 Å². The van der Waals surface area contributed by atoms with Gasteiger partial charge in [0, 0.05) is 31.4 Å². The smallest absolute Gasteiger partial charge is 0.123 e. The Morgan fingerprint density at radius 3 is 2.71 bits per heavy atom. The standard InChI is InChI=1S/C18H21FN2/c1-13-3-8-18-16(9-13)10-20-14(2)11-21(18)12-15-4-6-17(19)7-5-15/h3-9,14,20H,10-12H2,1-2H3. The third kappa shape index (κ3) is 3.24. The van der Waals surface area contributed by atoms with Gasteiger partial charge >= 0.3 is 0 Å². The molecule has 1 unspecified atom stereocenters. The number of rotatable bonds is 2. The van der Waals surface area contributed by atoms with Crippen LogP contribution in [0.2, 0.25) is 0 Å². The number of hydrogen-bond acceptors (Lipinski definition) is 2. The summed E-state index contributed by atoms with van der Waals surface area (Å²) in [4.78, 5) is 2.38. The zero-order valence-corrected chi connectivity index (χ0v) is 12.6. The van der Waals surface area contributed by atoms with Crippen molar-refractivity contribution in [3.05, 3.63) is 65.0 Å². The molecule has 1 aliphatic heterocycles. The van der Waals surface area contributed by atoms with Crippen molar-refractivity contribution < 1.29 is 4.39 Å². The molecule has 3 heteroatoms. The first-order valence-corrected chi connectivity index (χ1v) is 7.44. The fourth-order valence-corrected chi connectivity index (χ4v) is 2.90. The second-order valence-electron chi connectivity index (χ2n) is 5.92. The summed E-state index contributed by atoms with van der Waals surface area (Å²) < 4.78 is 13.1. The van der Waals surface area contributed by atoms with Crippen LogP contribution in [0.25, 0.3) is 0 Å². The van der Waals surface area contributed by atoms with E-state index in [-0.39, 0.29) is 5.82 Å². The van der Waals surface area contributed by atoms with E-state index in [0.29, 0.717) is 6.04 Å². The van der Waals surface area contributed by atoms with Gasteiger partial charge in [0.1, 0.15) is 5.82 Å². The highest BCUT2D eigenvalue weighted by molar-refractivity contribution is 5.56. The predicted octanol–water partition coefficient (Wildman–Crippen LogP) is 3.63. The Hall–Kier alpha value is -1.87. The first-order valence-electron chi connectivity index (χ1n) is 7.44. The minimum absolute atomic E-state index is 0.180. The lowest BCUT2D eigenvalue weighted by atomic mass is 10.1. The summed E-state index contributed by atoms with van der Waals surface area (Å²) in [5, 5.41) is 3.55. The molecule has 0 amide bonds. The van der Waals surface area contributed by atoms with Crippen LogP contribution < -0.4 is 10.2 Å². The van der Waals surface area contributed by atoms with Crippen molar-refractivity contribution in [2.24, 2.45) is 0 Å². The number of nitrogens with zero attached hydrogens (tertiary/aromatic N) is 1. The van der Waals surface area contributed by atoms with Gasteiger partial charge in [-0.15, -0.1) is 0 Å². The Labute approximate surface area is 125 Å². The summed E-state index contributed by atoms with van der Waals surface area (Å²) >= 11 is 0. The number of aryl methyl sites for hydroxylation is 1. The van der Waals surface area contributed by atoms with Gasteiger partial charge in [0.05, 0.1) is 0 Å². The van der Waals surface area contributed by atoms with Gasteiger partial charge in [-0.25, -0.2) is 4.39 Å². The maximum absolute atomic E-state index is 13.1. The van der Waals surface area contributed by atoms with Crippen molar-refractivity contribution in [2.45, 2.75) is 33.0 Å². The van der Waals surface area contributed by atoms with Crippen LogP contribution >= 0.6 is 0 Å². The van der Waals surface area contributed by atoms with Gasteiger partial charge in [-0.2, -0.15) is 0 Å². The second-order valence-corrected chi connectivity index (χ2v) is 5.92. The van der Waals surface area contributed by atoms with E-state index in [4.69, 9.17) is 0 Å². The zero-order chi connectivity index (χ0) is 14.8.